The van der Waals surface area contributed by atoms with Crippen molar-refractivity contribution < 1.29 is 14.7 Å². The maximum atomic E-state index is 11.2. The molecule has 3 N–H and O–H groups in total. The molecule has 0 heterocycles. The molecule has 0 aromatic rings. The third-order valence-electron chi connectivity index (χ3n) is 2.12. The van der Waals surface area contributed by atoms with E-state index in [4.69, 9.17) is 5.11 Å². The van der Waals surface area contributed by atoms with Crippen molar-refractivity contribution in [3.63, 3.8) is 0 Å². The predicted molar refractivity (Wildman–Crippen MR) is 62.2 cm³/mol. The van der Waals surface area contributed by atoms with Gasteiger partial charge in [0.15, 0.2) is 0 Å². The summed E-state index contributed by atoms with van der Waals surface area (Å²) in [5.41, 5.74) is -0.797. The summed E-state index contributed by atoms with van der Waals surface area (Å²) in [6.07, 6.45) is 0.369. The van der Waals surface area contributed by atoms with Gasteiger partial charge in [0.2, 0.25) is 5.91 Å². The minimum absolute atomic E-state index is 0.0179. The normalized spacial score (nSPS) is 11.6. The van der Waals surface area contributed by atoms with Crippen LogP contribution in [0.15, 0.2) is 0 Å². The number of carboxylic acid groups (broad SMARTS) is 1. The summed E-state index contributed by atoms with van der Waals surface area (Å²) < 4.78 is 0. The Morgan fingerprint density at radius 2 is 1.88 bits per heavy atom. The number of rotatable bonds is 7. The van der Waals surface area contributed by atoms with Crippen LogP contribution in [-0.4, -0.2) is 36.1 Å². The Balaban J connectivity index is 3.69. The average Bonchev–Trinajstić information content (AvgIpc) is 2.11. The maximum Gasteiger partial charge on any atom is 0.310 e. The summed E-state index contributed by atoms with van der Waals surface area (Å²) in [5.74, 6) is -0.859. The summed E-state index contributed by atoms with van der Waals surface area (Å²) in [7, 11) is 0. The highest BCUT2D eigenvalue weighted by atomic mass is 16.4. The number of carbonyl (C=O) groups excluding carboxylic acids is 1. The number of hydrogen-bond donors (Lipinski definition) is 3. The molecule has 0 rings (SSSR count). The largest absolute Gasteiger partial charge is 0.481 e. The lowest BCUT2D eigenvalue weighted by Crippen LogP contribution is -2.38. The predicted octanol–water partition coefficient (Wildman–Crippen LogP) is 0.601. The zero-order chi connectivity index (χ0) is 12.8. The molecule has 0 spiro atoms. The van der Waals surface area contributed by atoms with E-state index in [1.54, 1.807) is 13.8 Å². The van der Waals surface area contributed by atoms with Crippen molar-refractivity contribution in [2.24, 2.45) is 5.41 Å². The Morgan fingerprint density at radius 3 is 2.31 bits per heavy atom. The smallest absolute Gasteiger partial charge is 0.310 e. The average molecular weight is 230 g/mol. The van der Waals surface area contributed by atoms with E-state index in [-0.39, 0.29) is 11.9 Å². The molecule has 1 amide bonds. The van der Waals surface area contributed by atoms with Gasteiger partial charge in [0.05, 0.1) is 5.41 Å². The van der Waals surface area contributed by atoms with Gasteiger partial charge in [-0.1, -0.05) is 0 Å². The lowest BCUT2D eigenvalue weighted by molar-refractivity contribution is -0.146. The Labute approximate surface area is 96.6 Å². The van der Waals surface area contributed by atoms with Crippen LogP contribution in [0.25, 0.3) is 0 Å². The topological polar surface area (TPSA) is 78.4 Å². The third kappa shape index (κ3) is 6.40. The third-order valence-corrected chi connectivity index (χ3v) is 2.12. The fourth-order valence-electron chi connectivity index (χ4n) is 1.07. The second-order valence-electron chi connectivity index (χ2n) is 4.84. The van der Waals surface area contributed by atoms with Gasteiger partial charge in [-0.25, -0.2) is 0 Å². The first-order chi connectivity index (χ1) is 7.25. The molecule has 0 fully saturated rings. The molecule has 0 aliphatic heterocycles. The molecule has 0 unspecified atom stereocenters. The summed E-state index contributed by atoms with van der Waals surface area (Å²) in [5, 5.41) is 14.6. The summed E-state index contributed by atoms with van der Waals surface area (Å²) in [6, 6.07) is 0.142. The second kappa shape index (κ2) is 6.48. The van der Waals surface area contributed by atoms with Gasteiger partial charge < -0.3 is 15.7 Å². The summed E-state index contributed by atoms with van der Waals surface area (Å²) in [4.78, 5) is 22.0. The Morgan fingerprint density at radius 1 is 1.31 bits per heavy atom. The van der Waals surface area contributed by atoms with Crippen LogP contribution in [0, 0.1) is 5.41 Å². The standard InChI is InChI=1S/C11H22N2O3/c1-8(2)13-9(14)5-6-12-7-11(3,4)10(15)16/h8,12H,5-7H2,1-4H3,(H,13,14)(H,15,16). The summed E-state index contributed by atoms with van der Waals surface area (Å²) >= 11 is 0. The van der Waals surface area contributed by atoms with Crippen molar-refractivity contribution in [3.05, 3.63) is 0 Å². The molecule has 5 nitrogen and oxygen atoms in total. The molecule has 0 atom stereocenters. The molecule has 0 aliphatic rings. The van der Waals surface area contributed by atoms with E-state index in [0.29, 0.717) is 19.5 Å². The van der Waals surface area contributed by atoms with Crippen LogP contribution in [-0.2, 0) is 9.59 Å². The van der Waals surface area contributed by atoms with Crippen LogP contribution in [0.5, 0.6) is 0 Å². The van der Waals surface area contributed by atoms with Crippen molar-refractivity contribution in [2.45, 2.75) is 40.2 Å². The van der Waals surface area contributed by atoms with Crippen molar-refractivity contribution in [3.8, 4) is 0 Å². The lowest BCUT2D eigenvalue weighted by Gasteiger charge is -2.19. The second-order valence-corrected chi connectivity index (χ2v) is 4.84. The van der Waals surface area contributed by atoms with Gasteiger partial charge in [0.1, 0.15) is 0 Å². The highest BCUT2D eigenvalue weighted by Gasteiger charge is 2.26. The number of nitrogens with one attached hydrogen (secondary N) is 2. The van der Waals surface area contributed by atoms with Gasteiger partial charge in [-0.15, -0.1) is 0 Å². The van der Waals surface area contributed by atoms with E-state index in [1.807, 2.05) is 13.8 Å². The number of amides is 1. The zero-order valence-corrected chi connectivity index (χ0v) is 10.5. The molecule has 0 aromatic heterocycles. The minimum atomic E-state index is -0.841. The van der Waals surface area contributed by atoms with Crippen molar-refractivity contribution in [1.29, 1.82) is 0 Å². The lowest BCUT2D eigenvalue weighted by atomic mass is 9.94. The van der Waals surface area contributed by atoms with Crippen LogP contribution in [0.2, 0.25) is 0 Å². The van der Waals surface area contributed by atoms with Gasteiger partial charge in [-0.2, -0.15) is 0 Å². The van der Waals surface area contributed by atoms with Crippen LogP contribution in [0.3, 0.4) is 0 Å². The Hall–Kier alpha value is -1.10. The van der Waals surface area contributed by atoms with Gasteiger partial charge in [-0.05, 0) is 27.7 Å². The molecule has 0 radical (unpaired) electrons. The first-order valence-corrected chi connectivity index (χ1v) is 5.49. The van der Waals surface area contributed by atoms with Crippen molar-refractivity contribution in [1.82, 2.24) is 10.6 Å². The van der Waals surface area contributed by atoms with E-state index >= 15 is 0 Å². The van der Waals surface area contributed by atoms with Crippen LogP contribution >= 0.6 is 0 Å². The van der Waals surface area contributed by atoms with E-state index in [2.05, 4.69) is 10.6 Å². The molecule has 16 heavy (non-hydrogen) atoms. The first-order valence-electron chi connectivity index (χ1n) is 5.49. The number of aliphatic carboxylic acids is 1. The maximum absolute atomic E-state index is 11.2. The molecule has 0 saturated heterocycles. The quantitative estimate of drug-likeness (QED) is 0.560. The van der Waals surface area contributed by atoms with Crippen molar-refractivity contribution in [2.75, 3.05) is 13.1 Å². The molecular weight excluding hydrogens is 208 g/mol. The highest BCUT2D eigenvalue weighted by Crippen LogP contribution is 2.12. The molecule has 0 saturated carbocycles. The SMILES string of the molecule is CC(C)NC(=O)CCNCC(C)(C)C(=O)O. The Bertz CT molecular complexity index is 250. The van der Waals surface area contributed by atoms with Gasteiger partial charge in [-0.3, -0.25) is 9.59 Å². The van der Waals surface area contributed by atoms with Gasteiger partial charge in [0.25, 0.3) is 0 Å². The van der Waals surface area contributed by atoms with E-state index in [0.717, 1.165) is 0 Å². The van der Waals surface area contributed by atoms with Crippen LogP contribution in [0.1, 0.15) is 34.1 Å². The van der Waals surface area contributed by atoms with E-state index in [1.165, 1.54) is 0 Å². The first kappa shape index (κ1) is 14.9. The minimum Gasteiger partial charge on any atom is -0.481 e. The van der Waals surface area contributed by atoms with Crippen molar-refractivity contribution >= 4 is 11.9 Å². The van der Waals surface area contributed by atoms with E-state index < -0.39 is 11.4 Å². The molecule has 0 aromatic carbocycles. The zero-order valence-electron chi connectivity index (χ0n) is 10.5. The monoisotopic (exact) mass is 230 g/mol. The van der Waals surface area contributed by atoms with Gasteiger partial charge in [0, 0.05) is 25.6 Å². The van der Waals surface area contributed by atoms with Crippen LogP contribution in [0.4, 0.5) is 0 Å². The Kier molecular flexibility index (Phi) is 6.03. The highest BCUT2D eigenvalue weighted by molar-refractivity contribution is 5.76. The van der Waals surface area contributed by atoms with Crippen LogP contribution < -0.4 is 10.6 Å². The van der Waals surface area contributed by atoms with E-state index in [9.17, 15) is 9.59 Å². The number of carboxylic acids is 1. The molecular formula is C11H22N2O3. The number of hydrogen-bond acceptors (Lipinski definition) is 3. The molecule has 5 heteroatoms. The molecule has 0 bridgehead atoms. The van der Waals surface area contributed by atoms with Gasteiger partial charge >= 0.3 is 5.97 Å². The molecule has 0 aliphatic carbocycles. The fourth-order valence-corrected chi connectivity index (χ4v) is 1.07. The number of carbonyl (C=O) groups is 2. The summed E-state index contributed by atoms with van der Waals surface area (Å²) in [6.45, 7) is 7.96. The fraction of sp³-hybridized carbons (Fsp3) is 0.818. The molecule has 94 valence electrons.